The van der Waals surface area contributed by atoms with Crippen LogP contribution in [0.15, 0.2) is 24.3 Å². The van der Waals surface area contributed by atoms with Crippen LogP contribution >= 0.6 is 0 Å². The van der Waals surface area contributed by atoms with Gasteiger partial charge in [0, 0.05) is 44.8 Å². The second-order valence-corrected chi connectivity index (χ2v) is 7.72. The fourth-order valence-electron chi connectivity index (χ4n) is 4.62. The summed E-state index contributed by atoms with van der Waals surface area (Å²) in [7, 11) is 3.75. The van der Waals surface area contributed by atoms with Gasteiger partial charge in [0.1, 0.15) is 5.69 Å². The number of nitrogens with zero attached hydrogens (tertiary/aromatic N) is 2. The van der Waals surface area contributed by atoms with Crippen molar-refractivity contribution in [3.8, 4) is 0 Å². The van der Waals surface area contributed by atoms with Gasteiger partial charge in [-0.1, -0.05) is 11.6 Å². The van der Waals surface area contributed by atoms with Crippen molar-refractivity contribution in [2.45, 2.75) is 44.3 Å². The largest absolute Gasteiger partial charge is 0.378 e. The first-order chi connectivity index (χ1) is 12.5. The predicted octanol–water partition coefficient (Wildman–Crippen LogP) is 3.29. The van der Waals surface area contributed by atoms with Gasteiger partial charge < -0.3 is 18.9 Å². The molecule has 2 aliphatic heterocycles. The van der Waals surface area contributed by atoms with Gasteiger partial charge in [-0.05, 0) is 50.8 Å². The van der Waals surface area contributed by atoms with E-state index in [-0.39, 0.29) is 17.6 Å². The van der Waals surface area contributed by atoms with Gasteiger partial charge in [0.2, 0.25) is 0 Å². The third-order valence-corrected chi connectivity index (χ3v) is 6.19. The van der Waals surface area contributed by atoms with Gasteiger partial charge in [-0.2, -0.15) is 0 Å². The Hall–Kier alpha value is -1.85. The van der Waals surface area contributed by atoms with E-state index in [2.05, 4.69) is 25.1 Å². The first-order valence-corrected chi connectivity index (χ1v) is 9.56. The quantitative estimate of drug-likeness (QED) is 0.829. The number of methoxy groups -OCH3 is 1. The van der Waals surface area contributed by atoms with Crippen molar-refractivity contribution in [1.82, 2.24) is 9.47 Å². The number of ether oxygens (including phenoxy) is 2. The summed E-state index contributed by atoms with van der Waals surface area (Å²) in [5.74, 6) is 0.112. The standard InChI is InChI=1S/C21H28N2O3/c1-15-6-7-17-16(13-15)14-18(22(17)2)20(24)23-10-8-21(9-11-23)19(25-3)5-4-12-26-21/h6-7,13-14,19H,4-5,8-12H2,1-3H3/t19-/m0/s1. The van der Waals surface area contributed by atoms with Gasteiger partial charge in [-0.3, -0.25) is 4.79 Å². The fraction of sp³-hybridized carbons (Fsp3) is 0.571. The lowest BCUT2D eigenvalue weighted by atomic mass is 9.82. The molecule has 2 saturated heterocycles. The molecule has 1 aromatic heterocycles. The Morgan fingerprint density at radius 3 is 2.77 bits per heavy atom. The zero-order chi connectivity index (χ0) is 18.3. The van der Waals surface area contributed by atoms with Crippen molar-refractivity contribution in [2.24, 2.45) is 7.05 Å². The Bertz CT molecular complexity index is 818. The summed E-state index contributed by atoms with van der Waals surface area (Å²) in [4.78, 5) is 15.1. The van der Waals surface area contributed by atoms with Crippen LogP contribution in [0, 0.1) is 6.92 Å². The maximum Gasteiger partial charge on any atom is 0.270 e. The second-order valence-electron chi connectivity index (χ2n) is 7.72. The summed E-state index contributed by atoms with van der Waals surface area (Å²) < 4.78 is 13.9. The monoisotopic (exact) mass is 356 g/mol. The van der Waals surface area contributed by atoms with E-state index in [1.807, 2.05) is 22.6 Å². The van der Waals surface area contributed by atoms with Crippen LogP contribution in [0.25, 0.3) is 10.9 Å². The minimum absolute atomic E-state index is 0.112. The summed E-state index contributed by atoms with van der Waals surface area (Å²) in [5, 5.41) is 1.12. The summed E-state index contributed by atoms with van der Waals surface area (Å²) in [6.07, 6.45) is 3.94. The van der Waals surface area contributed by atoms with Crippen molar-refractivity contribution in [3.05, 3.63) is 35.5 Å². The molecule has 2 aliphatic rings. The van der Waals surface area contributed by atoms with Crippen LogP contribution in [-0.4, -0.2) is 53.9 Å². The molecule has 1 spiro atoms. The average Bonchev–Trinajstić information content (AvgIpc) is 2.98. The molecule has 0 saturated carbocycles. The van der Waals surface area contributed by atoms with Gasteiger partial charge >= 0.3 is 0 Å². The zero-order valence-corrected chi connectivity index (χ0v) is 16.0. The van der Waals surface area contributed by atoms with Crippen molar-refractivity contribution in [2.75, 3.05) is 26.8 Å². The summed E-state index contributed by atoms with van der Waals surface area (Å²) in [5.41, 5.74) is 2.86. The normalized spacial score (nSPS) is 22.9. The number of rotatable bonds is 2. The van der Waals surface area contributed by atoms with Crippen LogP contribution in [-0.2, 0) is 16.5 Å². The van der Waals surface area contributed by atoms with Crippen LogP contribution in [0.4, 0.5) is 0 Å². The van der Waals surface area contributed by atoms with E-state index in [0.29, 0.717) is 0 Å². The number of piperidine rings is 1. The second kappa shape index (κ2) is 6.71. The molecule has 0 unspecified atom stereocenters. The number of aryl methyl sites for hydroxylation is 2. The number of benzene rings is 1. The topological polar surface area (TPSA) is 43.7 Å². The van der Waals surface area contributed by atoms with Gasteiger partial charge in [-0.25, -0.2) is 0 Å². The molecule has 0 N–H and O–H groups in total. The number of hydrogen-bond donors (Lipinski definition) is 0. The summed E-state index contributed by atoms with van der Waals surface area (Å²) in [6.45, 7) is 4.32. The molecule has 2 fully saturated rings. The zero-order valence-electron chi connectivity index (χ0n) is 16.0. The third kappa shape index (κ3) is 2.83. The van der Waals surface area contributed by atoms with Crippen LogP contribution in [0.3, 0.4) is 0 Å². The molecule has 26 heavy (non-hydrogen) atoms. The predicted molar refractivity (Wildman–Crippen MR) is 102 cm³/mol. The number of fused-ring (bicyclic) bond motifs is 1. The number of hydrogen-bond acceptors (Lipinski definition) is 3. The van der Waals surface area contributed by atoms with E-state index in [9.17, 15) is 4.79 Å². The Balaban J connectivity index is 1.53. The van der Waals surface area contributed by atoms with Crippen molar-refractivity contribution in [3.63, 3.8) is 0 Å². The molecule has 1 aromatic carbocycles. The molecule has 3 heterocycles. The van der Waals surface area contributed by atoms with E-state index < -0.39 is 0 Å². The SMILES string of the molecule is CO[C@H]1CCCOC12CCN(C(=O)c1cc3cc(C)ccc3n1C)CC2. The molecule has 1 atom stereocenters. The highest BCUT2D eigenvalue weighted by Crippen LogP contribution is 2.37. The van der Waals surface area contributed by atoms with Crippen LogP contribution in [0.5, 0.6) is 0 Å². The van der Waals surface area contributed by atoms with Gasteiger partial charge in [-0.15, -0.1) is 0 Å². The van der Waals surface area contributed by atoms with E-state index in [1.54, 1.807) is 7.11 Å². The van der Waals surface area contributed by atoms with Crippen molar-refractivity contribution < 1.29 is 14.3 Å². The number of carbonyl (C=O) groups is 1. The molecule has 5 heteroatoms. The number of amides is 1. The number of carbonyl (C=O) groups excluding carboxylic acids is 1. The number of aromatic nitrogens is 1. The maximum atomic E-state index is 13.1. The lowest BCUT2D eigenvalue weighted by Gasteiger charge is -2.48. The van der Waals surface area contributed by atoms with Gasteiger partial charge in [0.25, 0.3) is 5.91 Å². The average molecular weight is 356 g/mol. The maximum absolute atomic E-state index is 13.1. The van der Waals surface area contributed by atoms with Crippen LogP contribution in [0.1, 0.15) is 41.7 Å². The lowest BCUT2D eigenvalue weighted by Crippen LogP contribution is -2.56. The molecular formula is C21H28N2O3. The van der Waals surface area contributed by atoms with E-state index in [4.69, 9.17) is 9.47 Å². The number of likely N-dealkylation sites (tertiary alicyclic amines) is 1. The van der Waals surface area contributed by atoms with Gasteiger partial charge in [0.15, 0.2) is 0 Å². The molecule has 0 radical (unpaired) electrons. The minimum atomic E-state index is -0.209. The highest BCUT2D eigenvalue weighted by Gasteiger charge is 2.45. The van der Waals surface area contributed by atoms with Crippen LogP contribution < -0.4 is 0 Å². The summed E-state index contributed by atoms with van der Waals surface area (Å²) >= 11 is 0. The molecule has 1 amide bonds. The molecule has 5 nitrogen and oxygen atoms in total. The summed E-state index contributed by atoms with van der Waals surface area (Å²) in [6, 6.07) is 8.33. The molecule has 2 aromatic rings. The first kappa shape index (κ1) is 17.6. The Morgan fingerprint density at radius 2 is 2.04 bits per heavy atom. The highest BCUT2D eigenvalue weighted by molar-refractivity contribution is 5.98. The molecule has 140 valence electrons. The minimum Gasteiger partial charge on any atom is -0.378 e. The van der Waals surface area contributed by atoms with Crippen molar-refractivity contribution in [1.29, 1.82) is 0 Å². The fourth-order valence-corrected chi connectivity index (χ4v) is 4.62. The molecular weight excluding hydrogens is 328 g/mol. The molecule has 0 aliphatic carbocycles. The lowest BCUT2D eigenvalue weighted by molar-refractivity contribution is -0.183. The molecule has 0 bridgehead atoms. The highest BCUT2D eigenvalue weighted by atomic mass is 16.5. The Labute approximate surface area is 154 Å². The Morgan fingerprint density at radius 1 is 1.27 bits per heavy atom. The molecule has 4 rings (SSSR count). The first-order valence-electron chi connectivity index (χ1n) is 9.56. The van der Waals surface area contributed by atoms with Crippen molar-refractivity contribution >= 4 is 16.8 Å². The van der Waals surface area contributed by atoms with E-state index in [0.717, 1.165) is 62.0 Å². The Kier molecular flexibility index (Phi) is 4.53. The smallest absolute Gasteiger partial charge is 0.270 e. The third-order valence-electron chi connectivity index (χ3n) is 6.19. The van der Waals surface area contributed by atoms with Gasteiger partial charge in [0.05, 0.1) is 11.7 Å². The van der Waals surface area contributed by atoms with E-state index >= 15 is 0 Å². The van der Waals surface area contributed by atoms with Crippen LogP contribution in [0.2, 0.25) is 0 Å². The van der Waals surface area contributed by atoms with E-state index in [1.165, 1.54) is 5.56 Å².